The Hall–Kier alpha value is -3.20. The minimum absolute atomic E-state index is 0.230. The van der Waals surface area contributed by atoms with E-state index in [-0.39, 0.29) is 17.7 Å². The number of nitrogens with zero attached hydrogens (tertiary/aromatic N) is 2. The van der Waals surface area contributed by atoms with Gasteiger partial charge in [-0.3, -0.25) is 4.79 Å². The minimum Gasteiger partial charge on any atom is -0.367 e. The van der Waals surface area contributed by atoms with E-state index in [1.807, 2.05) is 0 Å². The first-order valence-electron chi connectivity index (χ1n) is 9.00. The Bertz CT molecular complexity index is 1000. The highest BCUT2D eigenvalue weighted by atomic mass is 19.4. The van der Waals surface area contributed by atoms with E-state index in [1.54, 1.807) is 42.2 Å². The number of ether oxygens (including phenoxy) is 1. The summed E-state index contributed by atoms with van der Waals surface area (Å²) < 4.78 is 57.1. The van der Waals surface area contributed by atoms with Gasteiger partial charge in [-0.15, -0.1) is 0 Å². The summed E-state index contributed by atoms with van der Waals surface area (Å²) in [7, 11) is 1.73. The van der Waals surface area contributed by atoms with Gasteiger partial charge in [0.1, 0.15) is 24.3 Å². The lowest BCUT2D eigenvalue weighted by Gasteiger charge is -2.20. The van der Waals surface area contributed by atoms with Gasteiger partial charge in [0, 0.05) is 30.6 Å². The molecule has 0 aliphatic rings. The standard InChI is InChI=1S/C21H19F4N3O2/c1-28-11-10-26-19(28)18(16-4-2-3-5-17(16)22)27-20(29)15-8-6-14(7-9-15)12-30-13-21(23,24)25/h2-11,18H,12-13H2,1H3,(H,27,29). The van der Waals surface area contributed by atoms with E-state index in [9.17, 15) is 22.4 Å². The molecule has 1 aromatic heterocycles. The zero-order chi connectivity index (χ0) is 21.7. The minimum atomic E-state index is -4.40. The van der Waals surface area contributed by atoms with Crippen LogP contribution in [0.4, 0.5) is 17.6 Å². The van der Waals surface area contributed by atoms with E-state index < -0.39 is 30.5 Å². The molecule has 0 saturated carbocycles. The maximum Gasteiger partial charge on any atom is 0.411 e. The summed E-state index contributed by atoms with van der Waals surface area (Å²) in [5, 5.41) is 2.77. The summed E-state index contributed by atoms with van der Waals surface area (Å²) in [5.41, 5.74) is 1.02. The normalized spacial score (nSPS) is 12.6. The summed E-state index contributed by atoms with van der Waals surface area (Å²) in [5.74, 6) is -0.511. The Morgan fingerprint density at radius 3 is 2.47 bits per heavy atom. The summed E-state index contributed by atoms with van der Waals surface area (Å²) in [6.07, 6.45) is -1.16. The first kappa shape index (κ1) is 21.5. The predicted octanol–water partition coefficient (Wildman–Crippen LogP) is 4.16. The Kier molecular flexibility index (Phi) is 6.51. The molecule has 1 heterocycles. The van der Waals surface area contributed by atoms with Gasteiger partial charge in [0.15, 0.2) is 0 Å². The summed E-state index contributed by atoms with van der Waals surface area (Å²) in [4.78, 5) is 17.0. The monoisotopic (exact) mass is 421 g/mol. The fourth-order valence-corrected chi connectivity index (χ4v) is 2.90. The van der Waals surface area contributed by atoms with Crippen LogP contribution in [0.25, 0.3) is 0 Å². The third-order valence-electron chi connectivity index (χ3n) is 4.36. The predicted molar refractivity (Wildman–Crippen MR) is 101 cm³/mol. The molecule has 0 radical (unpaired) electrons. The zero-order valence-electron chi connectivity index (χ0n) is 16.0. The topological polar surface area (TPSA) is 56.2 Å². The SMILES string of the molecule is Cn1ccnc1C(NC(=O)c1ccc(COCC(F)(F)F)cc1)c1ccccc1F. The number of aryl methyl sites for hydroxylation is 1. The van der Waals surface area contributed by atoms with E-state index in [1.165, 1.54) is 30.3 Å². The lowest BCUT2D eigenvalue weighted by molar-refractivity contribution is -0.176. The second kappa shape index (κ2) is 9.08. The highest BCUT2D eigenvalue weighted by molar-refractivity contribution is 5.94. The Balaban J connectivity index is 1.75. The number of hydrogen-bond acceptors (Lipinski definition) is 3. The van der Waals surface area contributed by atoms with Crippen molar-refractivity contribution in [1.29, 1.82) is 0 Å². The highest BCUT2D eigenvalue weighted by Gasteiger charge is 2.27. The van der Waals surface area contributed by atoms with Crippen molar-refractivity contribution in [1.82, 2.24) is 14.9 Å². The molecule has 3 aromatic rings. The zero-order valence-corrected chi connectivity index (χ0v) is 16.0. The van der Waals surface area contributed by atoms with Crippen molar-refractivity contribution < 1.29 is 27.1 Å². The number of alkyl halides is 3. The third-order valence-corrected chi connectivity index (χ3v) is 4.36. The molecular weight excluding hydrogens is 402 g/mol. The van der Waals surface area contributed by atoms with Gasteiger partial charge in [0.2, 0.25) is 0 Å². The average molecular weight is 421 g/mol. The van der Waals surface area contributed by atoms with Crippen LogP contribution in [0.5, 0.6) is 0 Å². The molecule has 0 aliphatic carbocycles. The van der Waals surface area contributed by atoms with Crippen LogP contribution in [0.15, 0.2) is 60.9 Å². The number of halogens is 4. The summed E-state index contributed by atoms with van der Waals surface area (Å²) in [6.45, 7) is -1.57. The van der Waals surface area contributed by atoms with Crippen LogP contribution >= 0.6 is 0 Å². The van der Waals surface area contributed by atoms with Crippen LogP contribution in [-0.4, -0.2) is 28.2 Å². The van der Waals surface area contributed by atoms with Crippen LogP contribution in [0.2, 0.25) is 0 Å². The van der Waals surface area contributed by atoms with E-state index in [0.717, 1.165) is 0 Å². The van der Waals surface area contributed by atoms with Crippen LogP contribution < -0.4 is 5.32 Å². The molecule has 1 atom stereocenters. The Morgan fingerprint density at radius 1 is 1.17 bits per heavy atom. The Morgan fingerprint density at radius 2 is 1.87 bits per heavy atom. The van der Waals surface area contributed by atoms with Gasteiger partial charge in [-0.05, 0) is 23.8 Å². The highest BCUT2D eigenvalue weighted by Crippen LogP contribution is 2.24. The summed E-state index contributed by atoms with van der Waals surface area (Å²) >= 11 is 0. The van der Waals surface area contributed by atoms with E-state index in [0.29, 0.717) is 11.4 Å². The van der Waals surface area contributed by atoms with Crippen molar-refractivity contribution in [2.75, 3.05) is 6.61 Å². The molecule has 0 spiro atoms. The van der Waals surface area contributed by atoms with Gasteiger partial charge < -0.3 is 14.6 Å². The molecule has 158 valence electrons. The third kappa shape index (κ3) is 5.44. The van der Waals surface area contributed by atoms with Crippen molar-refractivity contribution in [2.24, 2.45) is 7.05 Å². The first-order chi connectivity index (χ1) is 14.2. The molecule has 2 aromatic carbocycles. The van der Waals surface area contributed by atoms with Gasteiger partial charge in [-0.1, -0.05) is 30.3 Å². The lowest BCUT2D eigenvalue weighted by atomic mass is 10.0. The number of carbonyl (C=O) groups excluding carboxylic acids is 1. The molecule has 9 heteroatoms. The van der Waals surface area contributed by atoms with Gasteiger partial charge in [0.05, 0.1) is 6.61 Å². The molecule has 0 aliphatic heterocycles. The number of imidazole rings is 1. The van der Waals surface area contributed by atoms with Crippen molar-refractivity contribution >= 4 is 5.91 Å². The van der Waals surface area contributed by atoms with Crippen LogP contribution in [0.1, 0.15) is 33.4 Å². The second-order valence-corrected chi connectivity index (χ2v) is 6.63. The second-order valence-electron chi connectivity index (χ2n) is 6.63. The maximum absolute atomic E-state index is 14.4. The molecule has 30 heavy (non-hydrogen) atoms. The molecule has 1 N–H and O–H groups in total. The molecular formula is C21H19F4N3O2. The van der Waals surface area contributed by atoms with Crippen molar-refractivity contribution in [3.63, 3.8) is 0 Å². The molecule has 5 nitrogen and oxygen atoms in total. The van der Waals surface area contributed by atoms with Crippen LogP contribution in [0.3, 0.4) is 0 Å². The van der Waals surface area contributed by atoms with Crippen LogP contribution in [-0.2, 0) is 18.4 Å². The fraction of sp³-hybridized carbons (Fsp3) is 0.238. The molecule has 1 unspecified atom stereocenters. The number of carbonyl (C=O) groups is 1. The Labute approximate surface area is 170 Å². The lowest BCUT2D eigenvalue weighted by Crippen LogP contribution is -2.31. The molecule has 0 fully saturated rings. The number of aromatic nitrogens is 2. The van der Waals surface area contributed by atoms with Gasteiger partial charge in [-0.2, -0.15) is 13.2 Å². The summed E-state index contributed by atoms with van der Waals surface area (Å²) in [6, 6.07) is 11.2. The number of rotatable bonds is 7. The largest absolute Gasteiger partial charge is 0.411 e. The smallest absolute Gasteiger partial charge is 0.367 e. The molecule has 0 bridgehead atoms. The number of nitrogens with one attached hydrogen (secondary N) is 1. The maximum atomic E-state index is 14.4. The van der Waals surface area contributed by atoms with E-state index >= 15 is 0 Å². The fourth-order valence-electron chi connectivity index (χ4n) is 2.90. The van der Waals surface area contributed by atoms with E-state index in [4.69, 9.17) is 0 Å². The quantitative estimate of drug-likeness (QED) is 0.583. The number of amides is 1. The van der Waals surface area contributed by atoms with Gasteiger partial charge in [-0.25, -0.2) is 9.37 Å². The van der Waals surface area contributed by atoms with Crippen molar-refractivity contribution in [2.45, 2.75) is 18.8 Å². The number of hydrogen-bond donors (Lipinski definition) is 1. The van der Waals surface area contributed by atoms with Gasteiger partial charge >= 0.3 is 6.18 Å². The van der Waals surface area contributed by atoms with Crippen LogP contribution in [0, 0.1) is 5.82 Å². The van der Waals surface area contributed by atoms with E-state index in [2.05, 4.69) is 15.0 Å². The number of benzene rings is 2. The van der Waals surface area contributed by atoms with Crippen molar-refractivity contribution in [3.8, 4) is 0 Å². The molecule has 3 rings (SSSR count). The average Bonchev–Trinajstić information content (AvgIpc) is 3.12. The van der Waals surface area contributed by atoms with Gasteiger partial charge in [0.25, 0.3) is 5.91 Å². The van der Waals surface area contributed by atoms with Crippen molar-refractivity contribution in [3.05, 3.63) is 89.3 Å². The molecule has 0 saturated heterocycles. The molecule has 1 amide bonds. The first-order valence-corrected chi connectivity index (χ1v) is 9.00.